The predicted molar refractivity (Wildman–Crippen MR) is 138 cm³/mol. The van der Waals surface area contributed by atoms with Gasteiger partial charge in [-0.2, -0.15) is 0 Å². The van der Waals surface area contributed by atoms with E-state index in [-0.39, 0.29) is 19.4 Å². The van der Waals surface area contributed by atoms with Gasteiger partial charge < -0.3 is 25.2 Å². The molecule has 0 amide bonds. The van der Waals surface area contributed by atoms with E-state index in [1.54, 1.807) is 0 Å². The third kappa shape index (κ3) is 23.4. The molecular formula is C25H50NO9P. The monoisotopic (exact) mass is 539 g/mol. The van der Waals surface area contributed by atoms with Crippen molar-refractivity contribution in [1.29, 1.82) is 0 Å². The van der Waals surface area contributed by atoms with Gasteiger partial charge in [-0.1, -0.05) is 90.9 Å². The number of unbranched alkanes of at least 4 members (excludes halogenated alkanes) is 12. The molecule has 11 heteroatoms. The van der Waals surface area contributed by atoms with Gasteiger partial charge in [0.25, 0.3) is 0 Å². The first-order chi connectivity index (χ1) is 17.2. The summed E-state index contributed by atoms with van der Waals surface area (Å²) in [6.45, 7) is 2.91. The van der Waals surface area contributed by atoms with Crippen molar-refractivity contribution in [3.8, 4) is 0 Å². The Kier molecular flexibility index (Phi) is 22.5. The Morgan fingerprint density at radius 2 is 1.17 bits per heavy atom. The summed E-state index contributed by atoms with van der Waals surface area (Å²) in [4.78, 5) is 34.1. The maximum Gasteiger partial charge on any atom is 0.472 e. The molecule has 0 aromatic carbocycles. The molecule has 2 unspecified atom stereocenters. The summed E-state index contributed by atoms with van der Waals surface area (Å²) in [7, 11) is -4.54. The molecule has 0 aliphatic carbocycles. The van der Waals surface area contributed by atoms with Crippen LogP contribution in [-0.2, 0) is 32.7 Å². The van der Waals surface area contributed by atoms with Crippen molar-refractivity contribution in [3.05, 3.63) is 0 Å². The lowest BCUT2D eigenvalue weighted by atomic mass is 10.1. The fourth-order valence-electron chi connectivity index (χ4n) is 3.46. The van der Waals surface area contributed by atoms with Gasteiger partial charge in [-0.05, 0) is 12.8 Å². The van der Waals surface area contributed by atoms with Gasteiger partial charge >= 0.3 is 19.8 Å². The number of aliphatic hydroxyl groups is 1. The van der Waals surface area contributed by atoms with Crippen molar-refractivity contribution in [3.63, 3.8) is 0 Å². The SMILES string of the molecule is CCCCCCCCCC(=O)OC[C@H](COP(=O)(O)OCC(N)O)OC(=O)CCCCCCCCC. The van der Waals surface area contributed by atoms with Gasteiger partial charge in [0.15, 0.2) is 6.10 Å². The lowest BCUT2D eigenvalue weighted by molar-refractivity contribution is -0.161. The second-order valence-corrected chi connectivity index (χ2v) is 10.6. The van der Waals surface area contributed by atoms with E-state index in [2.05, 4.69) is 18.4 Å². The minimum atomic E-state index is -4.54. The van der Waals surface area contributed by atoms with E-state index in [9.17, 15) is 19.0 Å². The van der Waals surface area contributed by atoms with Gasteiger partial charge in [-0.3, -0.25) is 18.6 Å². The second-order valence-electron chi connectivity index (χ2n) is 9.16. The normalized spacial score (nSPS) is 14.7. The number of esters is 2. The van der Waals surface area contributed by atoms with E-state index >= 15 is 0 Å². The van der Waals surface area contributed by atoms with Crippen molar-refractivity contribution < 1.29 is 42.7 Å². The molecule has 0 radical (unpaired) electrons. The Hall–Kier alpha value is -1.03. The molecule has 36 heavy (non-hydrogen) atoms. The van der Waals surface area contributed by atoms with Crippen molar-refractivity contribution >= 4 is 19.8 Å². The smallest absolute Gasteiger partial charge is 0.462 e. The van der Waals surface area contributed by atoms with Gasteiger partial charge in [-0.15, -0.1) is 0 Å². The van der Waals surface area contributed by atoms with Crippen LogP contribution in [0.4, 0.5) is 0 Å². The maximum absolute atomic E-state index is 12.3. The molecule has 0 saturated carbocycles. The van der Waals surface area contributed by atoms with E-state index in [0.717, 1.165) is 38.5 Å². The zero-order valence-corrected chi connectivity index (χ0v) is 23.3. The summed E-state index contributed by atoms with van der Waals surface area (Å²) >= 11 is 0. The third-order valence-corrected chi connectivity index (χ3v) is 6.48. The van der Waals surface area contributed by atoms with Gasteiger partial charge in [0.2, 0.25) is 0 Å². The molecule has 3 atom stereocenters. The van der Waals surface area contributed by atoms with Crippen molar-refractivity contribution in [2.24, 2.45) is 5.73 Å². The molecule has 0 heterocycles. The number of nitrogens with two attached hydrogens (primary N) is 1. The van der Waals surface area contributed by atoms with Crippen LogP contribution in [0.15, 0.2) is 0 Å². The van der Waals surface area contributed by atoms with Crippen molar-refractivity contribution in [1.82, 2.24) is 0 Å². The fraction of sp³-hybridized carbons (Fsp3) is 0.920. The molecule has 10 nitrogen and oxygen atoms in total. The summed E-state index contributed by atoms with van der Waals surface area (Å²) in [5.41, 5.74) is 5.09. The number of carbonyl (C=O) groups excluding carboxylic acids is 2. The molecule has 0 aliphatic rings. The van der Waals surface area contributed by atoms with Crippen molar-refractivity contribution in [2.45, 2.75) is 129 Å². The van der Waals surface area contributed by atoms with E-state index in [0.29, 0.717) is 12.8 Å². The number of aliphatic hydroxyl groups excluding tert-OH is 1. The lowest BCUT2D eigenvalue weighted by Gasteiger charge is -2.20. The van der Waals surface area contributed by atoms with Crippen LogP contribution in [0.2, 0.25) is 0 Å². The van der Waals surface area contributed by atoms with E-state index in [1.165, 1.54) is 38.5 Å². The summed E-state index contributed by atoms with van der Waals surface area (Å²) in [5, 5.41) is 9.00. The first-order valence-corrected chi connectivity index (χ1v) is 15.1. The van der Waals surface area contributed by atoms with Gasteiger partial charge in [0, 0.05) is 12.8 Å². The Bertz CT molecular complexity index is 604. The number of phosphoric ester groups is 1. The molecule has 0 aromatic heterocycles. The minimum absolute atomic E-state index is 0.197. The van der Waals surface area contributed by atoms with E-state index in [1.807, 2.05) is 0 Å². The molecule has 0 fully saturated rings. The highest BCUT2D eigenvalue weighted by molar-refractivity contribution is 7.47. The Morgan fingerprint density at radius 3 is 1.67 bits per heavy atom. The van der Waals surface area contributed by atoms with E-state index in [4.69, 9.17) is 24.8 Å². The van der Waals surface area contributed by atoms with Crippen LogP contribution in [0, 0.1) is 0 Å². The van der Waals surface area contributed by atoms with Crippen LogP contribution in [0.1, 0.15) is 117 Å². The predicted octanol–water partition coefficient (Wildman–Crippen LogP) is 5.13. The number of hydrogen-bond donors (Lipinski definition) is 3. The Labute approximate surface area is 217 Å². The number of carbonyl (C=O) groups is 2. The molecule has 0 saturated heterocycles. The third-order valence-electron chi connectivity index (χ3n) is 5.53. The maximum atomic E-state index is 12.3. The molecule has 4 N–H and O–H groups in total. The van der Waals surface area contributed by atoms with Crippen LogP contribution < -0.4 is 5.73 Å². The van der Waals surface area contributed by atoms with Crippen LogP contribution in [0.3, 0.4) is 0 Å². The molecule has 214 valence electrons. The first kappa shape index (κ1) is 35.0. The van der Waals surface area contributed by atoms with Gasteiger partial charge in [0.05, 0.1) is 13.2 Å². The zero-order chi connectivity index (χ0) is 27.1. The van der Waals surface area contributed by atoms with Gasteiger partial charge in [0.1, 0.15) is 12.8 Å². The Morgan fingerprint density at radius 1 is 0.722 bits per heavy atom. The highest BCUT2D eigenvalue weighted by Gasteiger charge is 2.26. The summed E-state index contributed by atoms with van der Waals surface area (Å²) in [5.74, 6) is -0.919. The van der Waals surface area contributed by atoms with Crippen LogP contribution in [-0.4, -0.2) is 54.1 Å². The van der Waals surface area contributed by atoms with Crippen LogP contribution in [0.5, 0.6) is 0 Å². The fourth-order valence-corrected chi connectivity index (χ4v) is 4.23. The number of rotatable bonds is 25. The minimum Gasteiger partial charge on any atom is -0.462 e. The van der Waals surface area contributed by atoms with E-state index < -0.39 is 45.3 Å². The van der Waals surface area contributed by atoms with Gasteiger partial charge in [-0.25, -0.2) is 4.57 Å². The second kappa shape index (κ2) is 23.1. The summed E-state index contributed by atoms with van der Waals surface area (Å²) in [6, 6.07) is 0. The number of hydrogen-bond acceptors (Lipinski definition) is 9. The standard InChI is InChI=1S/C25H50NO9P/c1-3-5-7-9-11-13-15-17-24(28)32-19-22(20-33-36(30,31)34-21-23(26)27)35-25(29)18-16-14-12-10-8-6-4-2/h22-23,27H,3-21,26H2,1-2H3,(H,30,31)/t22-,23?/m1/s1. The van der Waals surface area contributed by atoms with Crippen LogP contribution in [0.25, 0.3) is 0 Å². The Balaban J connectivity index is 4.48. The quantitative estimate of drug-likeness (QED) is 0.0615. The highest BCUT2D eigenvalue weighted by atomic mass is 31.2. The van der Waals surface area contributed by atoms with Crippen LogP contribution >= 0.6 is 7.82 Å². The first-order valence-electron chi connectivity index (χ1n) is 13.6. The molecule has 0 spiro atoms. The highest BCUT2D eigenvalue weighted by Crippen LogP contribution is 2.43. The average molecular weight is 540 g/mol. The largest absolute Gasteiger partial charge is 0.472 e. The molecule has 0 aromatic rings. The topological polar surface area (TPSA) is 155 Å². The summed E-state index contributed by atoms with van der Waals surface area (Å²) in [6.07, 6.45) is 12.8. The number of ether oxygens (including phenoxy) is 2. The number of phosphoric acid groups is 1. The summed E-state index contributed by atoms with van der Waals surface area (Å²) < 4.78 is 31.9. The molecule has 0 rings (SSSR count). The molecular weight excluding hydrogens is 489 g/mol. The zero-order valence-electron chi connectivity index (χ0n) is 22.4. The lowest BCUT2D eigenvalue weighted by Crippen LogP contribution is -2.30. The average Bonchev–Trinajstić information content (AvgIpc) is 2.83. The molecule has 0 aliphatic heterocycles. The molecule has 0 bridgehead atoms. The van der Waals surface area contributed by atoms with Crippen molar-refractivity contribution in [2.75, 3.05) is 19.8 Å².